The highest BCUT2D eigenvalue weighted by atomic mass is 16.6. The van der Waals surface area contributed by atoms with Crippen molar-refractivity contribution in [1.29, 1.82) is 0 Å². The Morgan fingerprint density at radius 2 is 1.00 bits per heavy atom. The number of hydrogen-bond acceptors (Lipinski definition) is 8. The van der Waals surface area contributed by atoms with Gasteiger partial charge in [0.05, 0.1) is 63.6 Å². The number of rotatable bonds is 2. The smallest absolute Gasteiger partial charge is 0.270 e. The molecule has 36 heavy (non-hydrogen) atoms. The quantitative estimate of drug-likeness (QED) is 0.516. The Kier molecular flexibility index (Phi) is 9.69. The van der Waals surface area contributed by atoms with E-state index in [9.17, 15) is 9.59 Å². The van der Waals surface area contributed by atoms with Gasteiger partial charge in [0.2, 0.25) is 0 Å². The van der Waals surface area contributed by atoms with Crippen LogP contribution in [0.1, 0.15) is 11.1 Å². The fraction of sp³-hybridized carbons (Fsp3) is 0.385. The molecule has 2 aromatic carbocycles. The number of fused-ring (bicyclic) bond motifs is 2. The fourth-order valence-electron chi connectivity index (χ4n) is 3.54. The Bertz CT molecular complexity index is 1270. The summed E-state index contributed by atoms with van der Waals surface area (Å²) >= 11 is 0. The monoisotopic (exact) mass is 498 g/mol. The summed E-state index contributed by atoms with van der Waals surface area (Å²) in [5, 5.41) is 5.35. The Morgan fingerprint density at radius 3 is 1.61 bits per heavy atom. The lowest BCUT2D eigenvalue weighted by molar-refractivity contribution is -0.00841. The van der Waals surface area contributed by atoms with Crippen LogP contribution < -0.4 is 20.6 Å². The van der Waals surface area contributed by atoms with Crippen molar-refractivity contribution in [2.24, 2.45) is 0 Å². The molecule has 0 amide bonds. The Hall–Kier alpha value is -3.44. The van der Waals surface area contributed by atoms with Crippen molar-refractivity contribution in [1.82, 2.24) is 10.2 Å². The molecule has 0 spiro atoms. The van der Waals surface area contributed by atoms with E-state index >= 15 is 0 Å². The maximum atomic E-state index is 12.1. The van der Waals surface area contributed by atoms with E-state index in [-0.39, 0.29) is 11.1 Å². The van der Waals surface area contributed by atoms with Crippen LogP contribution in [0.15, 0.2) is 46.0 Å². The number of nitrogens with one attached hydrogen (secondary N) is 2. The number of H-pyrrole nitrogens is 2. The second-order valence-corrected chi connectivity index (χ2v) is 7.90. The third-order valence-electron chi connectivity index (χ3n) is 5.34. The molecule has 2 heterocycles. The highest BCUT2D eigenvalue weighted by molar-refractivity contribution is 5.84. The first kappa shape index (κ1) is 25.6. The van der Waals surface area contributed by atoms with Crippen LogP contribution in [0.5, 0.6) is 11.5 Å². The van der Waals surface area contributed by atoms with Gasteiger partial charge in [-0.05, 0) is 35.4 Å². The molecule has 10 nitrogen and oxygen atoms in total. The van der Waals surface area contributed by atoms with Gasteiger partial charge in [-0.3, -0.25) is 19.8 Å². The van der Waals surface area contributed by atoms with Crippen molar-refractivity contribution in [2.75, 3.05) is 66.1 Å². The molecule has 10 heteroatoms. The zero-order valence-electron chi connectivity index (χ0n) is 20.0. The van der Waals surface area contributed by atoms with Gasteiger partial charge in [0.1, 0.15) is 13.2 Å². The van der Waals surface area contributed by atoms with Gasteiger partial charge in [-0.15, -0.1) is 0 Å². The van der Waals surface area contributed by atoms with E-state index in [1.54, 1.807) is 18.2 Å². The van der Waals surface area contributed by atoms with Gasteiger partial charge >= 0.3 is 0 Å². The standard InChI is InChI=1S/C26H30N2O8/c29-25-21-5-3-19(17-22(21)26(30)28-27-25)1-2-20-4-6-23-24(18-20)36-16-14-34-12-10-32-8-7-31-9-11-33-13-15-35-23/h1-6,17-18H,7-16H2,(H,27,29)(H,28,30)/b2-1+. The maximum Gasteiger partial charge on any atom is 0.270 e. The van der Waals surface area contributed by atoms with E-state index < -0.39 is 0 Å². The molecule has 1 aromatic heterocycles. The zero-order valence-corrected chi connectivity index (χ0v) is 20.0. The topological polar surface area (TPSA) is 121 Å². The van der Waals surface area contributed by atoms with Gasteiger partial charge in [0, 0.05) is 0 Å². The normalized spacial score (nSPS) is 17.0. The predicted octanol–water partition coefficient (Wildman–Crippen LogP) is 2.22. The Labute approximate surface area is 207 Å². The van der Waals surface area contributed by atoms with Crippen molar-refractivity contribution in [3.05, 3.63) is 68.2 Å². The zero-order chi connectivity index (χ0) is 25.0. The number of aromatic nitrogens is 2. The van der Waals surface area contributed by atoms with Gasteiger partial charge in [-0.1, -0.05) is 24.3 Å². The highest BCUT2D eigenvalue weighted by Crippen LogP contribution is 2.29. The van der Waals surface area contributed by atoms with Crippen LogP contribution in [0.25, 0.3) is 22.9 Å². The van der Waals surface area contributed by atoms with Crippen LogP contribution in [0, 0.1) is 0 Å². The first-order valence-electron chi connectivity index (χ1n) is 11.8. The van der Waals surface area contributed by atoms with Crippen molar-refractivity contribution >= 4 is 22.9 Å². The summed E-state index contributed by atoms with van der Waals surface area (Å²) in [4.78, 5) is 24.0. The summed E-state index contributed by atoms with van der Waals surface area (Å²) in [5.41, 5.74) is 0.976. The fourth-order valence-corrected chi connectivity index (χ4v) is 3.54. The average Bonchev–Trinajstić information content (AvgIpc) is 2.89. The van der Waals surface area contributed by atoms with Crippen LogP contribution in [0.4, 0.5) is 0 Å². The largest absolute Gasteiger partial charge is 0.487 e. The van der Waals surface area contributed by atoms with Crippen LogP contribution in [-0.2, 0) is 18.9 Å². The minimum Gasteiger partial charge on any atom is -0.487 e. The molecule has 3 aromatic rings. The molecule has 1 aliphatic rings. The minimum atomic E-state index is -0.348. The number of ether oxygens (including phenoxy) is 6. The lowest BCUT2D eigenvalue weighted by Gasteiger charge is -2.14. The van der Waals surface area contributed by atoms with E-state index in [0.29, 0.717) is 88.3 Å². The van der Waals surface area contributed by atoms with E-state index in [2.05, 4.69) is 10.2 Å². The molecular weight excluding hydrogens is 468 g/mol. The molecule has 192 valence electrons. The molecule has 0 unspecified atom stereocenters. The third kappa shape index (κ3) is 7.53. The van der Waals surface area contributed by atoms with Crippen LogP contribution >= 0.6 is 0 Å². The van der Waals surface area contributed by atoms with E-state index in [1.165, 1.54) is 0 Å². The molecule has 0 saturated carbocycles. The molecule has 0 radical (unpaired) electrons. The van der Waals surface area contributed by atoms with Crippen LogP contribution in [0.2, 0.25) is 0 Å². The lowest BCUT2D eigenvalue weighted by Crippen LogP contribution is -2.18. The summed E-state index contributed by atoms with van der Waals surface area (Å²) in [6.07, 6.45) is 3.76. The summed E-state index contributed by atoms with van der Waals surface area (Å²) in [6.45, 7) is 4.53. The maximum absolute atomic E-state index is 12.1. The molecule has 0 bridgehead atoms. The molecule has 0 fully saturated rings. The Morgan fingerprint density at radius 1 is 0.528 bits per heavy atom. The SMILES string of the molecule is O=c1[nH][nH]c(=O)c2cc(/C=C/c3ccc4c(c3)OCCOCCOCCOCCOCCO4)ccc12. The summed E-state index contributed by atoms with van der Waals surface area (Å²) in [7, 11) is 0. The van der Waals surface area contributed by atoms with Crippen molar-refractivity contribution in [3.8, 4) is 11.5 Å². The third-order valence-corrected chi connectivity index (χ3v) is 5.34. The van der Waals surface area contributed by atoms with Crippen LogP contribution in [0.3, 0.4) is 0 Å². The summed E-state index contributed by atoms with van der Waals surface area (Å²) < 4.78 is 33.8. The predicted molar refractivity (Wildman–Crippen MR) is 135 cm³/mol. The summed E-state index contributed by atoms with van der Waals surface area (Å²) in [5.74, 6) is 1.19. The average molecular weight is 499 g/mol. The molecule has 4 rings (SSSR count). The van der Waals surface area contributed by atoms with E-state index in [4.69, 9.17) is 28.4 Å². The van der Waals surface area contributed by atoms with Gasteiger partial charge in [0.15, 0.2) is 11.5 Å². The molecular formula is C26H30N2O8. The van der Waals surface area contributed by atoms with E-state index in [0.717, 1.165) is 11.1 Å². The second-order valence-electron chi connectivity index (χ2n) is 7.90. The molecule has 0 saturated heterocycles. The van der Waals surface area contributed by atoms with Crippen molar-refractivity contribution in [2.45, 2.75) is 0 Å². The molecule has 2 N–H and O–H groups in total. The first-order valence-corrected chi connectivity index (χ1v) is 11.8. The van der Waals surface area contributed by atoms with Crippen molar-refractivity contribution < 1.29 is 28.4 Å². The lowest BCUT2D eigenvalue weighted by atomic mass is 10.1. The highest BCUT2D eigenvalue weighted by Gasteiger charge is 2.08. The number of aromatic amines is 2. The van der Waals surface area contributed by atoms with E-state index in [1.807, 2.05) is 30.4 Å². The van der Waals surface area contributed by atoms with Crippen molar-refractivity contribution in [3.63, 3.8) is 0 Å². The number of benzene rings is 2. The van der Waals surface area contributed by atoms with Gasteiger partial charge in [0.25, 0.3) is 11.1 Å². The molecule has 0 atom stereocenters. The van der Waals surface area contributed by atoms with Crippen LogP contribution in [-0.4, -0.2) is 76.3 Å². The number of hydrogen-bond donors (Lipinski definition) is 2. The van der Waals surface area contributed by atoms with Gasteiger partial charge < -0.3 is 28.4 Å². The van der Waals surface area contributed by atoms with Gasteiger partial charge in [-0.25, -0.2) is 0 Å². The second kappa shape index (κ2) is 13.6. The minimum absolute atomic E-state index is 0.332. The Balaban J connectivity index is 1.46. The molecule has 0 aliphatic carbocycles. The molecule has 1 aliphatic heterocycles. The van der Waals surface area contributed by atoms with Gasteiger partial charge in [-0.2, -0.15) is 0 Å². The summed E-state index contributed by atoms with van der Waals surface area (Å²) in [6, 6.07) is 10.7. The first-order chi connectivity index (χ1) is 17.7.